The molecule has 0 aliphatic carbocycles. The smallest absolute Gasteiger partial charge is 0.238 e. The number of nitrogens with zero attached hydrogens (tertiary/aromatic N) is 1. The van der Waals surface area contributed by atoms with Crippen LogP contribution in [-0.4, -0.2) is 41.7 Å². The summed E-state index contributed by atoms with van der Waals surface area (Å²) in [6, 6.07) is 4.63. The Morgan fingerprint density at radius 2 is 2.37 bits per heavy atom. The van der Waals surface area contributed by atoms with Crippen LogP contribution in [0.2, 0.25) is 0 Å². The Labute approximate surface area is 112 Å². The number of halogens is 1. The molecule has 0 spiro atoms. The Bertz CT molecular complexity index is 465. The van der Waals surface area contributed by atoms with E-state index in [0.29, 0.717) is 17.8 Å². The number of piperidine rings is 1. The highest BCUT2D eigenvalue weighted by molar-refractivity contribution is 5.92. The van der Waals surface area contributed by atoms with Gasteiger partial charge in [-0.1, -0.05) is 6.07 Å². The first-order valence-electron chi connectivity index (χ1n) is 6.51. The van der Waals surface area contributed by atoms with Crippen LogP contribution in [0.1, 0.15) is 18.4 Å². The zero-order valence-electron chi connectivity index (χ0n) is 11.0. The molecule has 1 amide bonds. The molecule has 0 aromatic heterocycles. The second-order valence-corrected chi connectivity index (χ2v) is 5.04. The number of carbonyl (C=O) groups excluding carboxylic acids is 1. The molecule has 1 heterocycles. The van der Waals surface area contributed by atoms with E-state index in [2.05, 4.69) is 5.32 Å². The van der Waals surface area contributed by atoms with Crippen LogP contribution >= 0.6 is 0 Å². The van der Waals surface area contributed by atoms with Crippen molar-refractivity contribution in [3.8, 4) is 0 Å². The molecule has 1 atom stereocenters. The van der Waals surface area contributed by atoms with Crippen molar-refractivity contribution in [2.24, 2.45) is 0 Å². The number of anilines is 1. The molecule has 5 heteroatoms. The second kappa shape index (κ2) is 6.12. The minimum Gasteiger partial charge on any atom is -0.392 e. The van der Waals surface area contributed by atoms with Crippen LogP contribution in [0.3, 0.4) is 0 Å². The summed E-state index contributed by atoms with van der Waals surface area (Å²) in [5, 5.41) is 12.2. The Kier molecular flexibility index (Phi) is 4.50. The number of carbonyl (C=O) groups is 1. The number of likely N-dealkylation sites (tertiary alicyclic amines) is 1. The first kappa shape index (κ1) is 14.0. The Morgan fingerprint density at radius 1 is 1.58 bits per heavy atom. The third kappa shape index (κ3) is 4.01. The maximum atomic E-state index is 13.3. The van der Waals surface area contributed by atoms with Gasteiger partial charge >= 0.3 is 0 Å². The fourth-order valence-corrected chi connectivity index (χ4v) is 2.25. The lowest BCUT2D eigenvalue weighted by Crippen LogP contribution is -2.42. The molecule has 0 saturated carbocycles. The molecule has 1 fully saturated rings. The zero-order chi connectivity index (χ0) is 13.8. The van der Waals surface area contributed by atoms with Gasteiger partial charge in [0, 0.05) is 12.2 Å². The highest BCUT2D eigenvalue weighted by atomic mass is 19.1. The van der Waals surface area contributed by atoms with E-state index in [-0.39, 0.29) is 24.4 Å². The molecule has 1 aromatic carbocycles. The van der Waals surface area contributed by atoms with E-state index in [4.69, 9.17) is 0 Å². The number of β-amino-alcohol motifs (C(OH)–C–C–N with tert-alkyl or cyclic N) is 1. The molecule has 19 heavy (non-hydrogen) atoms. The number of aliphatic hydroxyl groups is 1. The summed E-state index contributed by atoms with van der Waals surface area (Å²) in [5.41, 5.74) is 1.02. The zero-order valence-corrected chi connectivity index (χ0v) is 11.0. The Morgan fingerprint density at radius 3 is 3.05 bits per heavy atom. The first-order valence-corrected chi connectivity index (χ1v) is 6.51. The molecule has 1 aliphatic heterocycles. The van der Waals surface area contributed by atoms with Gasteiger partial charge in [-0.25, -0.2) is 4.39 Å². The Hall–Kier alpha value is -1.46. The summed E-state index contributed by atoms with van der Waals surface area (Å²) in [6.07, 6.45) is 1.34. The molecule has 104 valence electrons. The summed E-state index contributed by atoms with van der Waals surface area (Å²) < 4.78 is 13.3. The van der Waals surface area contributed by atoms with E-state index >= 15 is 0 Å². The number of aryl methyl sites for hydroxylation is 1. The van der Waals surface area contributed by atoms with Crippen LogP contribution in [0.5, 0.6) is 0 Å². The lowest BCUT2D eigenvalue weighted by molar-refractivity contribution is -0.118. The molecule has 0 bridgehead atoms. The van der Waals surface area contributed by atoms with Crippen LogP contribution in [0.4, 0.5) is 10.1 Å². The number of hydrogen-bond donors (Lipinski definition) is 2. The molecule has 2 rings (SSSR count). The SMILES string of the molecule is Cc1ccc(NC(=O)CN2CCCC(O)C2)cc1F. The normalized spacial score (nSPS) is 20.3. The van der Waals surface area contributed by atoms with Crippen LogP contribution in [0, 0.1) is 12.7 Å². The van der Waals surface area contributed by atoms with Crippen molar-refractivity contribution in [1.82, 2.24) is 4.90 Å². The largest absolute Gasteiger partial charge is 0.392 e. The molecule has 2 N–H and O–H groups in total. The molecule has 1 unspecified atom stereocenters. The minimum absolute atomic E-state index is 0.183. The lowest BCUT2D eigenvalue weighted by atomic mass is 10.1. The van der Waals surface area contributed by atoms with Gasteiger partial charge in [-0.15, -0.1) is 0 Å². The molecule has 0 radical (unpaired) electrons. The number of hydrogen-bond acceptors (Lipinski definition) is 3. The summed E-state index contributed by atoms with van der Waals surface area (Å²) in [7, 11) is 0. The number of aliphatic hydroxyl groups excluding tert-OH is 1. The van der Waals surface area contributed by atoms with Crippen molar-refractivity contribution in [3.63, 3.8) is 0 Å². The molecule has 1 saturated heterocycles. The highest BCUT2D eigenvalue weighted by Crippen LogP contribution is 2.14. The predicted octanol–water partition coefficient (Wildman–Crippen LogP) is 1.53. The molecule has 1 aliphatic rings. The van der Waals surface area contributed by atoms with Crippen molar-refractivity contribution in [3.05, 3.63) is 29.6 Å². The second-order valence-electron chi connectivity index (χ2n) is 5.04. The van der Waals surface area contributed by atoms with Gasteiger partial charge in [0.1, 0.15) is 5.82 Å². The van der Waals surface area contributed by atoms with Gasteiger partial charge in [-0.3, -0.25) is 9.69 Å². The summed E-state index contributed by atoms with van der Waals surface area (Å²) >= 11 is 0. The van der Waals surface area contributed by atoms with E-state index in [0.717, 1.165) is 19.4 Å². The quantitative estimate of drug-likeness (QED) is 0.872. The highest BCUT2D eigenvalue weighted by Gasteiger charge is 2.19. The molecular weight excluding hydrogens is 247 g/mol. The number of rotatable bonds is 3. The van der Waals surface area contributed by atoms with Gasteiger partial charge in [0.2, 0.25) is 5.91 Å². The third-order valence-corrected chi connectivity index (χ3v) is 3.30. The van der Waals surface area contributed by atoms with Crippen LogP contribution in [-0.2, 0) is 4.79 Å². The summed E-state index contributed by atoms with van der Waals surface area (Å²) in [4.78, 5) is 13.7. The van der Waals surface area contributed by atoms with Crippen molar-refractivity contribution >= 4 is 11.6 Å². The number of nitrogens with one attached hydrogen (secondary N) is 1. The average molecular weight is 266 g/mol. The van der Waals surface area contributed by atoms with Crippen molar-refractivity contribution in [1.29, 1.82) is 0 Å². The maximum Gasteiger partial charge on any atom is 0.238 e. The van der Waals surface area contributed by atoms with E-state index in [1.165, 1.54) is 6.07 Å². The van der Waals surface area contributed by atoms with Crippen LogP contribution in [0.25, 0.3) is 0 Å². The van der Waals surface area contributed by atoms with E-state index in [9.17, 15) is 14.3 Å². The van der Waals surface area contributed by atoms with Gasteiger partial charge in [0.15, 0.2) is 0 Å². The molecule has 1 aromatic rings. The average Bonchev–Trinajstić information content (AvgIpc) is 2.34. The third-order valence-electron chi connectivity index (χ3n) is 3.30. The van der Waals surface area contributed by atoms with Crippen LogP contribution in [0.15, 0.2) is 18.2 Å². The van der Waals surface area contributed by atoms with Crippen LogP contribution < -0.4 is 5.32 Å². The number of amides is 1. The van der Waals surface area contributed by atoms with Gasteiger partial charge in [-0.05, 0) is 44.0 Å². The predicted molar refractivity (Wildman–Crippen MR) is 71.4 cm³/mol. The standard InChI is InChI=1S/C14H19FN2O2/c1-10-4-5-11(7-13(10)15)16-14(19)9-17-6-2-3-12(18)8-17/h4-5,7,12,18H,2-3,6,8-9H2,1H3,(H,16,19). The van der Waals surface area contributed by atoms with Crippen molar-refractivity contribution in [2.75, 3.05) is 25.0 Å². The van der Waals surface area contributed by atoms with E-state index in [1.54, 1.807) is 19.1 Å². The summed E-state index contributed by atoms with van der Waals surface area (Å²) in [6.45, 7) is 3.24. The van der Waals surface area contributed by atoms with Gasteiger partial charge < -0.3 is 10.4 Å². The number of benzene rings is 1. The lowest BCUT2D eigenvalue weighted by Gasteiger charge is -2.29. The van der Waals surface area contributed by atoms with Gasteiger partial charge in [0.05, 0.1) is 12.6 Å². The van der Waals surface area contributed by atoms with E-state index < -0.39 is 0 Å². The first-order chi connectivity index (χ1) is 9.04. The maximum absolute atomic E-state index is 13.3. The van der Waals surface area contributed by atoms with Gasteiger partial charge in [0.25, 0.3) is 0 Å². The topological polar surface area (TPSA) is 52.6 Å². The monoisotopic (exact) mass is 266 g/mol. The van der Waals surface area contributed by atoms with Crippen molar-refractivity contribution in [2.45, 2.75) is 25.9 Å². The Balaban J connectivity index is 1.88. The van der Waals surface area contributed by atoms with E-state index in [1.807, 2.05) is 4.90 Å². The summed E-state index contributed by atoms with van der Waals surface area (Å²) in [5.74, 6) is -0.511. The fraction of sp³-hybridized carbons (Fsp3) is 0.500. The molecule has 4 nitrogen and oxygen atoms in total. The van der Waals surface area contributed by atoms with Crippen molar-refractivity contribution < 1.29 is 14.3 Å². The molecular formula is C14H19FN2O2. The minimum atomic E-state index is -0.349. The van der Waals surface area contributed by atoms with Gasteiger partial charge in [-0.2, -0.15) is 0 Å². The fourth-order valence-electron chi connectivity index (χ4n) is 2.25.